The lowest BCUT2D eigenvalue weighted by Crippen LogP contribution is -2.40. The van der Waals surface area contributed by atoms with Crippen LogP contribution in [0.5, 0.6) is 0 Å². The molecule has 10 nitrogen and oxygen atoms in total. The van der Waals surface area contributed by atoms with Crippen molar-refractivity contribution >= 4 is 50.1 Å². The number of likely N-dealkylation sites (N-methyl/N-ethyl adjacent to an activating group) is 1. The van der Waals surface area contributed by atoms with Gasteiger partial charge in [0.1, 0.15) is 6.54 Å². The Bertz CT molecular complexity index is 1620. The van der Waals surface area contributed by atoms with Gasteiger partial charge in [-0.05, 0) is 50.1 Å². The molecule has 1 atom stereocenters. The second-order valence-electron chi connectivity index (χ2n) is 10.5. The Morgan fingerprint density at radius 2 is 1.93 bits per heavy atom. The number of nitrogens with zero attached hydrogens (tertiary/aromatic N) is 3. The van der Waals surface area contributed by atoms with Gasteiger partial charge in [-0.15, -0.1) is 0 Å². The van der Waals surface area contributed by atoms with E-state index in [1.807, 2.05) is 48.0 Å². The molecule has 41 heavy (non-hydrogen) atoms. The van der Waals surface area contributed by atoms with Crippen molar-refractivity contribution in [3.05, 3.63) is 59.8 Å². The number of ether oxygens (including phenoxy) is 2. The standard InChI is InChI=1S/C30H34N4O6S/c1-2-34-28-10-9-23(41(37,38)33-11-14-39-15-12-33)17-25(28)26(30(34)36)16-21-19-32(27-8-4-3-7-24(21)27)20-29(35)31-18-22-6-5-13-40-22/h3-4,7-10,16-17,19,22H,2,5-6,11-15,18,20H2,1H3,(H,31,35). The van der Waals surface area contributed by atoms with Crippen LogP contribution in [-0.2, 0) is 35.6 Å². The van der Waals surface area contributed by atoms with Crippen LogP contribution < -0.4 is 10.2 Å². The molecule has 3 aliphatic rings. The zero-order valence-corrected chi connectivity index (χ0v) is 23.9. The van der Waals surface area contributed by atoms with Crippen LogP contribution in [-0.4, -0.2) is 81.2 Å². The molecular formula is C30H34N4O6S. The molecule has 2 saturated heterocycles. The van der Waals surface area contributed by atoms with Crippen molar-refractivity contribution in [2.75, 3.05) is 50.9 Å². The highest BCUT2D eigenvalue weighted by atomic mass is 32.2. The fourth-order valence-electron chi connectivity index (χ4n) is 5.81. The number of hydrogen-bond acceptors (Lipinski definition) is 6. The molecule has 0 aliphatic carbocycles. The number of aromatic nitrogens is 1. The minimum Gasteiger partial charge on any atom is -0.379 e. The van der Waals surface area contributed by atoms with E-state index in [1.54, 1.807) is 23.1 Å². The number of morpholine rings is 1. The minimum absolute atomic E-state index is 0.0626. The van der Waals surface area contributed by atoms with Crippen molar-refractivity contribution in [3.8, 4) is 0 Å². The maximum atomic E-state index is 13.6. The third-order valence-electron chi connectivity index (χ3n) is 7.93. The number of carbonyl (C=O) groups is 2. The molecule has 2 fully saturated rings. The molecule has 6 rings (SSSR count). The summed E-state index contributed by atoms with van der Waals surface area (Å²) in [5.74, 6) is -0.299. The Balaban J connectivity index is 1.35. The molecule has 3 aromatic rings. The number of carbonyl (C=O) groups excluding carboxylic acids is 2. The van der Waals surface area contributed by atoms with Gasteiger partial charge in [0.25, 0.3) is 5.91 Å². The smallest absolute Gasteiger partial charge is 0.258 e. The first kappa shape index (κ1) is 27.6. The van der Waals surface area contributed by atoms with Gasteiger partial charge in [-0.25, -0.2) is 8.42 Å². The van der Waals surface area contributed by atoms with Crippen molar-refractivity contribution in [2.24, 2.45) is 0 Å². The lowest BCUT2D eigenvalue weighted by atomic mass is 10.0. The quantitative estimate of drug-likeness (QED) is 0.412. The van der Waals surface area contributed by atoms with Crippen LogP contribution in [0.1, 0.15) is 30.9 Å². The van der Waals surface area contributed by atoms with Crippen LogP contribution in [0.25, 0.3) is 22.6 Å². The average molecular weight is 579 g/mol. The predicted octanol–water partition coefficient (Wildman–Crippen LogP) is 2.86. The first-order valence-corrected chi connectivity index (χ1v) is 15.5. The number of benzene rings is 2. The van der Waals surface area contributed by atoms with E-state index in [0.29, 0.717) is 56.2 Å². The van der Waals surface area contributed by atoms with E-state index < -0.39 is 10.0 Å². The van der Waals surface area contributed by atoms with Crippen LogP contribution in [0.4, 0.5) is 5.69 Å². The molecule has 1 unspecified atom stereocenters. The van der Waals surface area contributed by atoms with E-state index >= 15 is 0 Å². The van der Waals surface area contributed by atoms with Gasteiger partial charge in [-0.3, -0.25) is 9.59 Å². The molecule has 0 bridgehead atoms. The lowest BCUT2D eigenvalue weighted by molar-refractivity contribution is -0.122. The second kappa shape index (κ2) is 11.4. The van der Waals surface area contributed by atoms with E-state index in [-0.39, 0.29) is 29.4 Å². The SMILES string of the molecule is CCN1C(=O)C(=Cc2cn(CC(=O)NCC3CCCO3)c3ccccc23)c2cc(S(=O)(=O)N3CCOCC3)ccc21. The number of rotatable bonds is 8. The Hall–Kier alpha value is -3.51. The number of nitrogens with one attached hydrogen (secondary N) is 1. The molecular weight excluding hydrogens is 544 g/mol. The van der Waals surface area contributed by atoms with Gasteiger partial charge < -0.3 is 24.3 Å². The summed E-state index contributed by atoms with van der Waals surface area (Å²) in [7, 11) is -3.74. The van der Waals surface area contributed by atoms with Crippen LogP contribution in [0.2, 0.25) is 0 Å². The molecule has 4 heterocycles. The third kappa shape index (κ3) is 5.30. The van der Waals surface area contributed by atoms with Gasteiger partial charge in [0.15, 0.2) is 0 Å². The normalized spacial score (nSPS) is 20.7. The summed E-state index contributed by atoms with van der Waals surface area (Å²) < 4.78 is 41.1. The summed E-state index contributed by atoms with van der Waals surface area (Å²) in [5.41, 5.74) is 3.33. The molecule has 3 aliphatic heterocycles. The molecule has 11 heteroatoms. The number of amides is 2. The lowest BCUT2D eigenvalue weighted by Gasteiger charge is -2.26. The van der Waals surface area contributed by atoms with Crippen LogP contribution in [0.3, 0.4) is 0 Å². The summed E-state index contributed by atoms with van der Waals surface area (Å²) in [4.78, 5) is 28.2. The number of anilines is 1. The predicted molar refractivity (Wildman–Crippen MR) is 156 cm³/mol. The zero-order chi connectivity index (χ0) is 28.6. The van der Waals surface area contributed by atoms with E-state index in [2.05, 4.69) is 5.32 Å². The molecule has 0 spiro atoms. The van der Waals surface area contributed by atoms with Crippen molar-refractivity contribution < 1.29 is 27.5 Å². The maximum absolute atomic E-state index is 13.6. The number of para-hydroxylation sites is 1. The average Bonchev–Trinajstić information content (AvgIpc) is 3.70. The van der Waals surface area contributed by atoms with E-state index in [0.717, 1.165) is 35.9 Å². The highest BCUT2D eigenvalue weighted by molar-refractivity contribution is 7.89. The highest BCUT2D eigenvalue weighted by Gasteiger charge is 2.34. The summed E-state index contributed by atoms with van der Waals surface area (Å²) in [6.07, 6.45) is 5.71. The number of fused-ring (bicyclic) bond motifs is 2. The molecule has 2 amide bonds. The Kier molecular flexibility index (Phi) is 7.69. The molecule has 1 aromatic heterocycles. The van der Waals surface area contributed by atoms with Crippen molar-refractivity contribution in [2.45, 2.75) is 37.3 Å². The summed E-state index contributed by atoms with van der Waals surface area (Å²) in [5, 5.41) is 3.87. The Morgan fingerprint density at radius 3 is 2.68 bits per heavy atom. The Labute approximate surface area is 239 Å². The maximum Gasteiger partial charge on any atom is 0.258 e. The van der Waals surface area contributed by atoms with Gasteiger partial charge in [0, 0.05) is 66.6 Å². The van der Waals surface area contributed by atoms with Gasteiger partial charge in [0.05, 0.1) is 29.9 Å². The largest absolute Gasteiger partial charge is 0.379 e. The number of sulfonamides is 1. The summed E-state index contributed by atoms with van der Waals surface area (Å²) in [6.45, 7) is 4.99. The van der Waals surface area contributed by atoms with Gasteiger partial charge in [-0.2, -0.15) is 4.31 Å². The van der Waals surface area contributed by atoms with E-state index in [4.69, 9.17) is 9.47 Å². The van der Waals surface area contributed by atoms with Gasteiger partial charge in [0.2, 0.25) is 15.9 Å². The zero-order valence-electron chi connectivity index (χ0n) is 23.0. The third-order valence-corrected chi connectivity index (χ3v) is 9.83. The molecule has 216 valence electrons. The molecule has 0 saturated carbocycles. The molecule has 2 aromatic carbocycles. The summed E-state index contributed by atoms with van der Waals surface area (Å²) >= 11 is 0. The Morgan fingerprint density at radius 1 is 1.12 bits per heavy atom. The molecule has 0 radical (unpaired) electrons. The van der Waals surface area contributed by atoms with E-state index in [1.165, 1.54) is 4.31 Å². The van der Waals surface area contributed by atoms with E-state index in [9.17, 15) is 18.0 Å². The minimum atomic E-state index is -3.74. The molecule has 1 N–H and O–H groups in total. The van der Waals surface area contributed by atoms with Crippen molar-refractivity contribution in [1.82, 2.24) is 14.2 Å². The van der Waals surface area contributed by atoms with Gasteiger partial charge in [-0.1, -0.05) is 18.2 Å². The first-order valence-electron chi connectivity index (χ1n) is 14.1. The fourth-order valence-corrected chi connectivity index (χ4v) is 7.24. The highest BCUT2D eigenvalue weighted by Crippen LogP contribution is 2.40. The topological polar surface area (TPSA) is 110 Å². The van der Waals surface area contributed by atoms with Crippen molar-refractivity contribution in [3.63, 3.8) is 0 Å². The van der Waals surface area contributed by atoms with Crippen LogP contribution >= 0.6 is 0 Å². The van der Waals surface area contributed by atoms with Gasteiger partial charge >= 0.3 is 0 Å². The monoisotopic (exact) mass is 578 g/mol. The first-order chi connectivity index (χ1) is 19.9. The number of hydrogen-bond donors (Lipinski definition) is 1. The second-order valence-corrected chi connectivity index (χ2v) is 12.4. The fraction of sp³-hybridized carbons (Fsp3) is 0.400. The van der Waals surface area contributed by atoms with Crippen molar-refractivity contribution in [1.29, 1.82) is 0 Å². The van der Waals surface area contributed by atoms with Crippen LogP contribution in [0, 0.1) is 0 Å². The van der Waals surface area contributed by atoms with Crippen LogP contribution in [0.15, 0.2) is 53.6 Å². The summed E-state index contributed by atoms with van der Waals surface area (Å²) in [6, 6.07) is 12.6.